The van der Waals surface area contributed by atoms with Crippen molar-refractivity contribution in [3.05, 3.63) is 76.3 Å². The Morgan fingerprint density at radius 3 is 2.79 bits per heavy atom. The number of halogens is 1. The van der Waals surface area contributed by atoms with Gasteiger partial charge in [-0.25, -0.2) is 15.0 Å². The van der Waals surface area contributed by atoms with E-state index in [0.717, 1.165) is 68.8 Å². The molecule has 0 aliphatic carbocycles. The number of piperidine rings is 1. The summed E-state index contributed by atoms with van der Waals surface area (Å²) in [5.41, 5.74) is 1.97. The van der Waals surface area contributed by atoms with Crippen LogP contribution in [0.5, 0.6) is 11.5 Å². The van der Waals surface area contributed by atoms with Crippen molar-refractivity contribution in [2.45, 2.75) is 28.6 Å². The van der Waals surface area contributed by atoms with Crippen LogP contribution in [0.2, 0.25) is 5.15 Å². The summed E-state index contributed by atoms with van der Waals surface area (Å²) in [6, 6.07) is 15.5. The average molecular weight is 594 g/mol. The van der Waals surface area contributed by atoms with Crippen molar-refractivity contribution < 1.29 is 9.53 Å². The quantitative estimate of drug-likeness (QED) is 0.137. The van der Waals surface area contributed by atoms with Crippen LogP contribution in [0.3, 0.4) is 0 Å². The predicted molar refractivity (Wildman–Crippen MR) is 159 cm³/mol. The van der Waals surface area contributed by atoms with Crippen LogP contribution in [-0.2, 0) is 4.79 Å². The number of anilines is 2. The first kappa shape index (κ1) is 26.2. The molecule has 0 radical (unpaired) electrons. The Hall–Kier alpha value is -3.02. The average Bonchev–Trinajstić information content (AvgIpc) is 3.61. The molecule has 1 fully saturated rings. The molecule has 0 atom stereocenters. The van der Waals surface area contributed by atoms with Crippen LogP contribution in [0.15, 0.2) is 75.3 Å². The zero-order valence-electron chi connectivity index (χ0n) is 20.7. The minimum absolute atomic E-state index is 0.396. The highest BCUT2D eigenvalue weighted by Gasteiger charge is 2.23. The number of nitrogens with zero attached hydrogens (tertiary/aromatic N) is 4. The third-order valence-corrected chi connectivity index (χ3v) is 9.49. The lowest BCUT2D eigenvalue weighted by molar-refractivity contribution is -0.109. The van der Waals surface area contributed by atoms with E-state index >= 15 is 0 Å². The summed E-state index contributed by atoms with van der Waals surface area (Å²) < 4.78 is 7.37. The number of carbonyl (C=O) groups excluding carboxylic acids is 1. The van der Waals surface area contributed by atoms with Crippen LogP contribution >= 0.6 is 46.0 Å². The second kappa shape index (κ2) is 12.0. The number of ether oxygens (including phenoxy) is 1. The summed E-state index contributed by atoms with van der Waals surface area (Å²) in [7, 11) is 0. The lowest BCUT2D eigenvalue weighted by Crippen LogP contribution is -2.34. The summed E-state index contributed by atoms with van der Waals surface area (Å²) >= 11 is 11.1. The molecule has 4 aromatic heterocycles. The molecule has 5 heterocycles. The first-order chi connectivity index (χ1) is 19.1. The number of carbonyl (C=O) groups is 1. The number of aromatic nitrogens is 3. The maximum atomic E-state index is 10.8. The van der Waals surface area contributed by atoms with Crippen molar-refractivity contribution in [1.82, 2.24) is 19.9 Å². The Bertz CT molecular complexity index is 1580. The van der Waals surface area contributed by atoms with Gasteiger partial charge in [0.25, 0.3) is 0 Å². The molecule has 198 valence electrons. The van der Waals surface area contributed by atoms with Gasteiger partial charge in [0.05, 0.1) is 22.5 Å². The molecule has 7 nitrogen and oxygen atoms in total. The molecule has 1 aromatic carbocycles. The smallest absolute Gasteiger partial charge is 0.188 e. The van der Waals surface area contributed by atoms with E-state index in [9.17, 15) is 4.79 Å². The number of rotatable bonds is 9. The molecular formula is C28H24ClN5O2S3. The van der Waals surface area contributed by atoms with Crippen molar-refractivity contribution in [2.75, 3.05) is 25.0 Å². The van der Waals surface area contributed by atoms with Crippen LogP contribution < -0.4 is 10.1 Å². The van der Waals surface area contributed by atoms with Gasteiger partial charge in [-0.3, -0.25) is 4.90 Å². The molecule has 0 amide bonds. The summed E-state index contributed by atoms with van der Waals surface area (Å²) in [6.07, 6.45) is 4.81. The zero-order valence-corrected chi connectivity index (χ0v) is 24.0. The third kappa shape index (κ3) is 6.26. The molecule has 1 saturated heterocycles. The van der Waals surface area contributed by atoms with Gasteiger partial charge in [0.2, 0.25) is 0 Å². The van der Waals surface area contributed by atoms with Crippen molar-refractivity contribution in [1.29, 1.82) is 0 Å². The van der Waals surface area contributed by atoms with Gasteiger partial charge in [-0.1, -0.05) is 41.6 Å². The van der Waals surface area contributed by atoms with Gasteiger partial charge in [-0.2, -0.15) is 0 Å². The normalized spacial score (nSPS) is 14.5. The van der Waals surface area contributed by atoms with Crippen molar-refractivity contribution in [2.24, 2.45) is 0 Å². The van der Waals surface area contributed by atoms with Crippen molar-refractivity contribution in [3.63, 3.8) is 0 Å². The second-order valence-corrected chi connectivity index (χ2v) is 12.3. The zero-order chi connectivity index (χ0) is 26.6. The van der Waals surface area contributed by atoms with Crippen molar-refractivity contribution in [3.8, 4) is 11.5 Å². The number of aldehydes is 1. The number of benzene rings is 1. The largest absolute Gasteiger partial charge is 0.453 e. The highest BCUT2D eigenvalue weighted by Crippen LogP contribution is 2.41. The Balaban J connectivity index is 1.24. The van der Waals surface area contributed by atoms with Crippen molar-refractivity contribution >= 4 is 73.5 Å². The SMILES string of the molecule is O=CCN1CCC(c2csc(Nc3ncc(Sc4cc(Cl)nc5ccsc45)cc3Oc3ccccc3)n2)CC1. The maximum absolute atomic E-state index is 10.8. The second-order valence-electron chi connectivity index (χ2n) is 9.06. The van der Waals surface area contributed by atoms with E-state index in [1.807, 2.05) is 60.1 Å². The maximum Gasteiger partial charge on any atom is 0.188 e. The Morgan fingerprint density at radius 1 is 1.13 bits per heavy atom. The van der Waals surface area contributed by atoms with Gasteiger partial charge >= 0.3 is 0 Å². The minimum Gasteiger partial charge on any atom is -0.453 e. The monoisotopic (exact) mass is 593 g/mol. The number of thiazole rings is 1. The number of likely N-dealkylation sites (tertiary alicyclic amines) is 1. The van der Waals surface area contributed by atoms with Gasteiger partial charge in [0.15, 0.2) is 16.7 Å². The highest BCUT2D eigenvalue weighted by molar-refractivity contribution is 7.99. The van der Waals surface area contributed by atoms with E-state index in [1.54, 1.807) is 34.4 Å². The van der Waals surface area contributed by atoms with E-state index in [0.29, 0.717) is 29.2 Å². The van der Waals surface area contributed by atoms with Crippen LogP contribution in [-0.4, -0.2) is 45.8 Å². The molecule has 5 aromatic rings. The Kier molecular flexibility index (Phi) is 8.08. The van der Waals surface area contributed by atoms with Crippen LogP contribution in [0, 0.1) is 0 Å². The fourth-order valence-corrected chi connectivity index (χ4v) is 7.48. The van der Waals surface area contributed by atoms with Gasteiger partial charge in [0, 0.05) is 33.4 Å². The first-order valence-corrected chi connectivity index (χ1v) is 15.4. The van der Waals surface area contributed by atoms with Gasteiger partial charge < -0.3 is 14.8 Å². The molecule has 1 aliphatic heterocycles. The molecule has 0 bridgehead atoms. The number of fused-ring (bicyclic) bond motifs is 1. The van der Waals surface area contributed by atoms with Gasteiger partial charge in [0.1, 0.15) is 17.2 Å². The fourth-order valence-electron chi connectivity index (χ4n) is 4.52. The molecule has 0 spiro atoms. The molecule has 1 aliphatic rings. The summed E-state index contributed by atoms with van der Waals surface area (Å²) in [6.45, 7) is 2.34. The lowest BCUT2D eigenvalue weighted by Gasteiger charge is -2.29. The van der Waals surface area contributed by atoms with E-state index in [1.165, 1.54) is 0 Å². The first-order valence-electron chi connectivity index (χ1n) is 12.5. The Morgan fingerprint density at radius 2 is 1.97 bits per heavy atom. The Labute approximate surface area is 243 Å². The topological polar surface area (TPSA) is 80.2 Å². The van der Waals surface area contributed by atoms with Gasteiger partial charge in [-0.15, -0.1) is 22.7 Å². The number of nitrogens with one attached hydrogen (secondary N) is 1. The summed E-state index contributed by atoms with van der Waals surface area (Å²) in [4.78, 5) is 29.0. The number of pyridine rings is 2. The molecule has 0 saturated carbocycles. The number of thiophene rings is 1. The molecule has 0 unspecified atom stereocenters. The number of hydrogen-bond donors (Lipinski definition) is 1. The van der Waals surface area contributed by atoms with Crippen LogP contribution in [0.25, 0.3) is 10.2 Å². The molecule has 11 heteroatoms. The number of hydrogen-bond acceptors (Lipinski definition) is 10. The molecule has 39 heavy (non-hydrogen) atoms. The summed E-state index contributed by atoms with van der Waals surface area (Å²) in [5, 5.41) is 8.75. The van der Waals surface area contributed by atoms with E-state index < -0.39 is 0 Å². The number of para-hydroxylation sites is 1. The van der Waals surface area contributed by atoms with Crippen LogP contribution in [0.1, 0.15) is 24.5 Å². The van der Waals surface area contributed by atoms with Gasteiger partial charge in [-0.05, 0) is 55.6 Å². The van der Waals surface area contributed by atoms with Crippen LogP contribution in [0.4, 0.5) is 10.9 Å². The molecular weight excluding hydrogens is 570 g/mol. The minimum atomic E-state index is 0.396. The molecule has 1 N–H and O–H groups in total. The predicted octanol–water partition coefficient (Wildman–Crippen LogP) is 7.87. The van der Waals surface area contributed by atoms with E-state index in [4.69, 9.17) is 26.3 Å². The highest BCUT2D eigenvalue weighted by atomic mass is 35.5. The van der Waals surface area contributed by atoms with E-state index in [-0.39, 0.29) is 0 Å². The summed E-state index contributed by atoms with van der Waals surface area (Å²) in [5.74, 6) is 2.32. The standard InChI is InChI=1S/C28H24ClN5O2S3/c29-25-15-24(26-21(31-25)8-13-37-26)39-20-14-23(36-19-4-2-1-3-5-19)27(30-16-20)33-28-32-22(17-38-28)18-6-9-34(10-7-18)11-12-35/h1-5,8,12-18H,6-7,9-11H2,(H,30,32,33). The lowest BCUT2D eigenvalue weighted by atomic mass is 9.94. The fraction of sp³-hybridized carbons (Fsp3) is 0.214. The third-order valence-electron chi connectivity index (χ3n) is 6.46. The van der Waals surface area contributed by atoms with E-state index in [2.05, 4.69) is 20.6 Å². The molecule has 6 rings (SSSR count).